The van der Waals surface area contributed by atoms with Gasteiger partial charge in [0.05, 0.1) is 0 Å². The standard InChI is InChI=1S/C9H10BrNO3/c10-7-1-3-8(4-2-7)13-5-6-14-9(11)12/h1-4H,5-6H2,(H2,11,12). The highest BCUT2D eigenvalue weighted by Crippen LogP contribution is 2.15. The van der Waals surface area contributed by atoms with E-state index in [1.807, 2.05) is 24.3 Å². The van der Waals surface area contributed by atoms with Crippen molar-refractivity contribution in [3.8, 4) is 5.75 Å². The molecule has 4 nitrogen and oxygen atoms in total. The van der Waals surface area contributed by atoms with Gasteiger partial charge in [0.25, 0.3) is 0 Å². The zero-order chi connectivity index (χ0) is 10.4. The molecule has 1 aromatic rings. The summed E-state index contributed by atoms with van der Waals surface area (Å²) < 4.78 is 10.7. The fourth-order valence-electron chi connectivity index (χ4n) is 0.833. The van der Waals surface area contributed by atoms with Gasteiger partial charge in [-0.25, -0.2) is 4.79 Å². The molecule has 0 spiro atoms. The number of carbonyl (C=O) groups is 1. The number of halogens is 1. The van der Waals surface area contributed by atoms with E-state index in [2.05, 4.69) is 20.7 Å². The Hall–Kier alpha value is -1.23. The number of benzene rings is 1. The molecule has 1 aromatic carbocycles. The Balaban J connectivity index is 2.25. The summed E-state index contributed by atoms with van der Waals surface area (Å²) in [5, 5.41) is 0. The van der Waals surface area contributed by atoms with E-state index < -0.39 is 6.09 Å². The van der Waals surface area contributed by atoms with E-state index in [9.17, 15) is 4.79 Å². The summed E-state index contributed by atoms with van der Waals surface area (Å²) in [6, 6.07) is 7.36. The summed E-state index contributed by atoms with van der Waals surface area (Å²) >= 11 is 3.30. The fraction of sp³-hybridized carbons (Fsp3) is 0.222. The summed E-state index contributed by atoms with van der Waals surface area (Å²) in [5.41, 5.74) is 4.77. The van der Waals surface area contributed by atoms with Gasteiger partial charge in [-0.3, -0.25) is 0 Å². The molecule has 0 atom stereocenters. The Kier molecular flexibility index (Phi) is 4.25. The zero-order valence-corrected chi connectivity index (χ0v) is 8.99. The lowest BCUT2D eigenvalue weighted by atomic mass is 10.3. The first-order chi connectivity index (χ1) is 6.68. The van der Waals surface area contributed by atoms with Gasteiger partial charge < -0.3 is 15.2 Å². The minimum Gasteiger partial charge on any atom is -0.490 e. The molecule has 0 aliphatic rings. The normalized spacial score (nSPS) is 9.50. The van der Waals surface area contributed by atoms with Gasteiger partial charge in [-0.05, 0) is 24.3 Å². The molecule has 1 amide bonds. The van der Waals surface area contributed by atoms with Crippen LogP contribution in [0.15, 0.2) is 28.7 Å². The summed E-state index contributed by atoms with van der Waals surface area (Å²) in [6.45, 7) is 0.454. The number of hydrogen-bond donors (Lipinski definition) is 1. The second-order valence-corrected chi connectivity index (χ2v) is 3.39. The molecular formula is C9H10BrNO3. The van der Waals surface area contributed by atoms with Gasteiger partial charge in [0.15, 0.2) is 0 Å². The van der Waals surface area contributed by atoms with Crippen molar-refractivity contribution in [3.05, 3.63) is 28.7 Å². The second-order valence-electron chi connectivity index (χ2n) is 2.47. The lowest BCUT2D eigenvalue weighted by Crippen LogP contribution is -2.17. The quantitative estimate of drug-likeness (QED) is 0.841. The predicted octanol–water partition coefficient (Wildman–Crippen LogP) is 1.92. The van der Waals surface area contributed by atoms with Gasteiger partial charge in [0, 0.05) is 4.47 Å². The predicted molar refractivity (Wildman–Crippen MR) is 55.2 cm³/mol. The highest BCUT2D eigenvalue weighted by atomic mass is 79.9. The summed E-state index contributed by atoms with van der Waals surface area (Å²) in [4.78, 5) is 10.2. The highest BCUT2D eigenvalue weighted by Gasteiger charge is 1.95. The van der Waals surface area contributed by atoms with Gasteiger partial charge in [-0.2, -0.15) is 0 Å². The first-order valence-corrected chi connectivity index (χ1v) is 4.78. The number of nitrogens with two attached hydrogens (primary N) is 1. The van der Waals surface area contributed by atoms with E-state index in [-0.39, 0.29) is 6.61 Å². The van der Waals surface area contributed by atoms with E-state index in [0.29, 0.717) is 6.61 Å². The van der Waals surface area contributed by atoms with Crippen LogP contribution < -0.4 is 10.5 Å². The van der Waals surface area contributed by atoms with E-state index in [0.717, 1.165) is 10.2 Å². The van der Waals surface area contributed by atoms with Crippen LogP contribution in [0, 0.1) is 0 Å². The largest absolute Gasteiger partial charge is 0.490 e. The van der Waals surface area contributed by atoms with Crippen LogP contribution in [0.2, 0.25) is 0 Å². The molecular weight excluding hydrogens is 250 g/mol. The minimum atomic E-state index is -0.788. The summed E-state index contributed by atoms with van der Waals surface area (Å²) in [5.74, 6) is 0.723. The molecule has 14 heavy (non-hydrogen) atoms. The minimum absolute atomic E-state index is 0.158. The molecule has 0 fully saturated rings. The van der Waals surface area contributed by atoms with Crippen LogP contribution in [0.3, 0.4) is 0 Å². The first-order valence-electron chi connectivity index (χ1n) is 3.99. The molecule has 1 rings (SSSR count). The number of primary amides is 1. The van der Waals surface area contributed by atoms with Crippen LogP contribution in [-0.2, 0) is 4.74 Å². The maximum Gasteiger partial charge on any atom is 0.404 e. The second kappa shape index (κ2) is 5.49. The number of ether oxygens (including phenoxy) is 2. The molecule has 0 saturated heterocycles. The van der Waals surface area contributed by atoms with Crippen LogP contribution in [0.1, 0.15) is 0 Å². The Labute approximate surface area is 90.1 Å². The zero-order valence-electron chi connectivity index (χ0n) is 7.40. The van der Waals surface area contributed by atoms with Gasteiger partial charge in [-0.15, -0.1) is 0 Å². The summed E-state index contributed by atoms with van der Waals surface area (Å²) in [6.07, 6.45) is -0.788. The van der Waals surface area contributed by atoms with E-state index in [1.165, 1.54) is 0 Å². The van der Waals surface area contributed by atoms with E-state index in [1.54, 1.807) is 0 Å². The molecule has 0 radical (unpaired) electrons. The van der Waals surface area contributed by atoms with Crippen LogP contribution in [0.25, 0.3) is 0 Å². The van der Waals surface area contributed by atoms with Crippen molar-refractivity contribution < 1.29 is 14.3 Å². The number of hydrogen-bond acceptors (Lipinski definition) is 3. The molecule has 5 heteroatoms. The number of carbonyl (C=O) groups excluding carboxylic acids is 1. The van der Waals surface area contributed by atoms with Crippen molar-refractivity contribution in [2.24, 2.45) is 5.73 Å². The van der Waals surface area contributed by atoms with Crippen molar-refractivity contribution in [1.82, 2.24) is 0 Å². The molecule has 0 saturated carbocycles. The van der Waals surface area contributed by atoms with E-state index in [4.69, 9.17) is 10.5 Å². The smallest absolute Gasteiger partial charge is 0.404 e. The van der Waals surface area contributed by atoms with Gasteiger partial charge in [0.2, 0.25) is 0 Å². The Morgan fingerprint density at radius 2 is 1.93 bits per heavy atom. The number of rotatable bonds is 4. The number of amides is 1. The average molecular weight is 260 g/mol. The van der Waals surface area contributed by atoms with Gasteiger partial charge in [-0.1, -0.05) is 15.9 Å². The molecule has 0 unspecified atom stereocenters. The lowest BCUT2D eigenvalue weighted by molar-refractivity contribution is 0.134. The van der Waals surface area contributed by atoms with Crippen LogP contribution in [0.5, 0.6) is 5.75 Å². The first kappa shape index (κ1) is 10.8. The third-order valence-corrected chi connectivity index (χ3v) is 1.94. The lowest BCUT2D eigenvalue weighted by Gasteiger charge is -2.05. The van der Waals surface area contributed by atoms with Crippen LogP contribution in [-0.4, -0.2) is 19.3 Å². The molecule has 0 bridgehead atoms. The van der Waals surface area contributed by atoms with Crippen LogP contribution >= 0.6 is 15.9 Å². The summed E-state index contributed by atoms with van der Waals surface area (Å²) in [7, 11) is 0. The topological polar surface area (TPSA) is 61.6 Å². The molecule has 0 heterocycles. The Morgan fingerprint density at radius 3 is 2.50 bits per heavy atom. The van der Waals surface area contributed by atoms with Crippen molar-refractivity contribution in [2.45, 2.75) is 0 Å². The molecule has 0 aliphatic carbocycles. The SMILES string of the molecule is NC(=O)OCCOc1ccc(Br)cc1. The maximum atomic E-state index is 10.2. The van der Waals surface area contributed by atoms with Crippen molar-refractivity contribution in [3.63, 3.8) is 0 Å². The van der Waals surface area contributed by atoms with Crippen molar-refractivity contribution >= 4 is 22.0 Å². The third-order valence-electron chi connectivity index (χ3n) is 1.41. The Morgan fingerprint density at radius 1 is 1.29 bits per heavy atom. The molecule has 76 valence electrons. The molecule has 0 aliphatic heterocycles. The average Bonchev–Trinajstić information content (AvgIpc) is 2.15. The fourth-order valence-corrected chi connectivity index (χ4v) is 1.10. The third kappa shape index (κ3) is 4.13. The molecule has 2 N–H and O–H groups in total. The Bertz CT molecular complexity index is 299. The van der Waals surface area contributed by atoms with Gasteiger partial charge >= 0.3 is 6.09 Å². The van der Waals surface area contributed by atoms with Crippen molar-refractivity contribution in [2.75, 3.05) is 13.2 Å². The monoisotopic (exact) mass is 259 g/mol. The maximum absolute atomic E-state index is 10.2. The van der Waals surface area contributed by atoms with E-state index >= 15 is 0 Å². The van der Waals surface area contributed by atoms with Crippen LogP contribution in [0.4, 0.5) is 4.79 Å². The highest BCUT2D eigenvalue weighted by molar-refractivity contribution is 9.10. The molecule has 0 aromatic heterocycles. The van der Waals surface area contributed by atoms with Gasteiger partial charge in [0.1, 0.15) is 19.0 Å². The van der Waals surface area contributed by atoms with Crippen molar-refractivity contribution in [1.29, 1.82) is 0 Å².